The standard InChI is InChI=1S/C18H22ClN5O2/c1-12-8-14(16(26-3)9-13(12)19)22-17-10-15(20-11-21-17)18(25)24-6-4-23(2)5-7-24/h8-11H,4-7H2,1-3H3,(H,20,21,22). The lowest BCUT2D eigenvalue weighted by Gasteiger charge is -2.32. The van der Waals surface area contributed by atoms with Crippen molar-refractivity contribution in [3.63, 3.8) is 0 Å². The van der Waals surface area contributed by atoms with Gasteiger partial charge in [0.15, 0.2) is 0 Å². The van der Waals surface area contributed by atoms with Crippen LogP contribution in [0.4, 0.5) is 11.5 Å². The Bertz CT molecular complexity index is 806. The third-order valence-electron chi connectivity index (χ3n) is 4.42. The molecule has 0 saturated carbocycles. The van der Waals surface area contributed by atoms with E-state index >= 15 is 0 Å². The van der Waals surface area contributed by atoms with Crippen molar-refractivity contribution in [2.45, 2.75) is 6.92 Å². The average Bonchev–Trinajstić information content (AvgIpc) is 2.65. The van der Waals surface area contributed by atoms with Crippen LogP contribution < -0.4 is 10.1 Å². The van der Waals surface area contributed by atoms with Gasteiger partial charge in [-0.3, -0.25) is 4.79 Å². The molecule has 0 aliphatic carbocycles. The number of carbonyl (C=O) groups excluding carboxylic acids is 1. The number of likely N-dealkylation sites (N-methyl/N-ethyl adjacent to an activating group) is 1. The van der Waals surface area contributed by atoms with Crippen molar-refractivity contribution < 1.29 is 9.53 Å². The van der Waals surface area contributed by atoms with Crippen LogP contribution in [0.2, 0.25) is 5.02 Å². The Morgan fingerprint density at radius 2 is 1.92 bits per heavy atom. The van der Waals surface area contributed by atoms with E-state index in [1.807, 2.05) is 17.9 Å². The highest BCUT2D eigenvalue weighted by Gasteiger charge is 2.21. The van der Waals surface area contributed by atoms with Gasteiger partial charge in [0.25, 0.3) is 5.91 Å². The minimum Gasteiger partial charge on any atom is -0.495 e. The third-order valence-corrected chi connectivity index (χ3v) is 4.83. The first-order valence-corrected chi connectivity index (χ1v) is 8.76. The molecule has 0 spiro atoms. The van der Waals surface area contributed by atoms with Crippen LogP contribution >= 0.6 is 11.6 Å². The molecule has 1 amide bonds. The summed E-state index contributed by atoms with van der Waals surface area (Å²) >= 11 is 6.14. The quantitative estimate of drug-likeness (QED) is 0.885. The number of rotatable bonds is 4. The number of aryl methyl sites for hydroxylation is 1. The van der Waals surface area contributed by atoms with E-state index in [2.05, 4.69) is 27.2 Å². The first-order chi connectivity index (χ1) is 12.5. The minimum absolute atomic E-state index is 0.0807. The second kappa shape index (κ2) is 7.88. The molecule has 1 saturated heterocycles. The van der Waals surface area contributed by atoms with Crippen molar-refractivity contribution in [1.82, 2.24) is 19.8 Å². The Kier molecular flexibility index (Phi) is 5.58. The number of amides is 1. The number of nitrogens with one attached hydrogen (secondary N) is 1. The first-order valence-electron chi connectivity index (χ1n) is 8.39. The van der Waals surface area contributed by atoms with Gasteiger partial charge in [0.05, 0.1) is 12.8 Å². The van der Waals surface area contributed by atoms with E-state index in [0.717, 1.165) is 24.3 Å². The average molecular weight is 376 g/mol. The van der Waals surface area contributed by atoms with Crippen molar-refractivity contribution in [3.8, 4) is 5.75 Å². The zero-order valence-electron chi connectivity index (χ0n) is 15.1. The highest BCUT2D eigenvalue weighted by Crippen LogP contribution is 2.32. The number of piperazine rings is 1. The van der Waals surface area contributed by atoms with E-state index in [0.29, 0.717) is 35.4 Å². The molecule has 2 heterocycles. The molecule has 2 aromatic rings. The van der Waals surface area contributed by atoms with Gasteiger partial charge < -0.3 is 19.9 Å². The van der Waals surface area contributed by atoms with Gasteiger partial charge in [-0.2, -0.15) is 0 Å². The number of hydrogen-bond donors (Lipinski definition) is 1. The lowest BCUT2D eigenvalue weighted by molar-refractivity contribution is 0.0658. The number of hydrogen-bond acceptors (Lipinski definition) is 6. The molecule has 1 aliphatic heterocycles. The van der Waals surface area contributed by atoms with Gasteiger partial charge in [-0.25, -0.2) is 9.97 Å². The highest BCUT2D eigenvalue weighted by atomic mass is 35.5. The second-order valence-corrected chi connectivity index (χ2v) is 6.72. The Labute approximate surface area is 157 Å². The van der Waals surface area contributed by atoms with Crippen LogP contribution in [0.25, 0.3) is 0 Å². The molecule has 0 bridgehead atoms. The maximum absolute atomic E-state index is 12.7. The lowest BCUT2D eigenvalue weighted by Crippen LogP contribution is -2.47. The molecule has 1 aliphatic rings. The van der Waals surface area contributed by atoms with Crippen molar-refractivity contribution in [2.24, 2.45) is 0 Å². The molecule has 0 unspecified atom stereocenters. The fourth-order valence-corrected chi connectivity index (χ4v) is 2.94. The van der Waals surface area contributed by atoms with Gasteiger partial charge in [-0.05, 0) is 25.6 Å². The summed E-state index contributed by atoms with van der Waals surface area (Å²) in [6.45, 7) is 5.04. The maximum Gasteiger partial charge on any atom is 0.272 e. The molecule has 7 nitrogen and oxygen atoms in total. The number of carbonyl (C=O) groups is 1. The number of aromatic nitrogens is 2. The van der Waals surface area contributed by atoms with Crippen molar-refractivity contribution in [3.05, 3.63) is 40.8 Å². The minimum atomic E-state index is -0.0807. The third kappa shape index (κ3) is 4.05. The van der Waals surface area contributed by atoms with Crippen LogP contribution in [-0.2, 0) is 0 Å². The molecule has 8 heteroatoms. The number of anilines is 2. The highest BCUT2D eigenvalue weighted by molar-refractivity contribution is 6.31. The summed E-state index contributed by atoms with van der Waals surface area (Å²) in [4.78, 5) is 25.1. The van der Waals surface area contributed by atoms with Crippen LogP contribution in [-0.4, -0.2) is 66.0 Å². The Morgan fingerprint density at radius 1 is 1.19 bits per heavy atom. The maximum atomic E-state index is 12.7. The topological polar surface area (TPSA) is 70.6 Å². The molecule has 26 heavy (non-hydrogen) atoms. The van der Waals surface area contributed by atoms with E-state index in [1.165, 1.54) is 6.33 Å². The lowest BCUT2D eigenvalue weighted by atomic mass is 10.2. The molecule has 138 valence electrons. The van der Waals surface area contributed by atoms with Crippen LogP contribution in [0.5, 0.6) is 5.75 Å². The normalized spacial score (nSPS) is 15.0. The van der Waals surface area contributed by atoms with Gasteiger partial charge in [-0.1, -0.05) is 11.6 Å². The van der Waals surface area contributed by atoms with E-state index in [-0.39, 0.29) is 5.91 Å². The number of halogens is 1. The fourth-order valence-electron chi connectivity index (χ4n) is 2.78. The van der Waals surface area contributed by atoms with E-state index in [1.54, 1.807) is 19.2 Å². The Morgan fingerprint density at radius 3 is 2.62 bits per heavy atom. The zero-order valence-corrected chi connectivity index (χ0v) is 15.9. The van der Waals surface area contributed by atoms with E-state index in [9.17, 15) is 4.79 Å². The fraction of sp³-hybridized carbons (Fsp3) is 0.389. The summed E-state index contributed by atoms with van der Waals surface area (Å²) in [6.07, 6.45) is 1.39. The molecule has 1 aromatic heterocycles. The SMILES string of the molecule is COc1cc(Cl)c(C)cc1Nc1cc(C(=O)N2CCN(C)CC2)ncn1. The number of methoxy groups -OCH3 is 1. The zero-order chi connectivity index (χ0) is 18.7. The van der Waals surface area contributed by atoms with E-state index in [4.69, 9.17) is 16.3 Å². The van der Waals surface area contributed by atoms with Crippen molar-refractivity contribution in [2.75, 3.05) is 45.7 Å². The van der Waals surface area contributed by atoms with Gasteiger partial charge >= 0.3 is 0 Å². The number of benzene rings is 1. The molecule has 1 aromatic carbocycles. The summed E-state index contributed by atoms with van der Waals surface area (Å²) < 4.78 is 5.37. The number of ether oxygens (including phenoxy) is 1. The van der Waals surface area contributed by atoms with Gasteiger partial charge in [0.2, 0.25) is 0 Å². The Balaban J connectivity index is 1.80. The summed E-state index contributed by atoms with van der Waals surface area (Å²) in [5, 5.41) is 3.81. The van der Waals surface area contributed by atoms with Gasteiger partial charge in [0.1, 0.15) is 23.6 Å². The van der Waals surface area contributed by atoms with Gasteiger partial charge in [0, 0.05) is 43.3 Å². The smallest absolute Gasteiger partial charge is 0.272 e. The molecule has 0 atom stereocenters. The summed E-state index contributed by atoms with van der Waals surface area (Å²) in [5.74, 6) is 1.05. The summed E-state index contributed by atoms with van der Waals surface area (Å²) in [6, 6.07) is 5.28. The van der Waals surface area contributed by atoms with E-state index < -0.39 is 0 Å². The Hall–Kier alpha value is -2.38. The van der Waals surface area contributed by atoms with Crippen LogP contribution in [0.15, 0.2) is 24.5 Å². The van der Waals surface area contributed by atoms with Crippen LogP contribution in [0, 0.1) is 6.92 Å². The molecule has 1 fully saturated rings. The molecular formula is C18H22ClN5O2. The predicted molar refractivity (Wildman–Crippen MR) is 101 cm³/mol. The number of nitrogens with zero attached hydrogens (tertiary/aromatic N) is 4. The predicted octanol–water partition coefficient (Wildman–Crippen LogP) is 2.58. The second-order valence-electron chi connectivity index (χ2n) is 6.31. The summed E-state index contributed by atoms with van der Waals surface area (Å²) in [7, 11) is 3.63. The first kappa shape index (κ1) is 18.4. The van der Waals surface area contributed by atoms with Crippen molar-refractivity contribution >= 4 is 29.0 Å². The molecular weight excluding hydrogens is 354 g/mol. The van der Waals surface area contributed by atoms with Gasteiger partial charge in [-0.15, -0.1) is 0 Å². The van der Waals surface area contributed by atoms with Crippen LogP contribution in [0.1, 0.15) is 16.1 Å². The van der Waals surface area contributed by atoms with Crippen molar-refractivity contribution in [1.29, 1.82) is 0 Å². The largest absolute Gasteiger partial charge is 0.495 e. The monoisotopic (exact) mass is 375 g/mol. The molecule has 0 radical (unpaired) electrons. The summed E-state index contributed by atoms with van der Waals surface area (Å²) in [5.41, 5.74) is 2.01. The molecule has 1 N–H and O–H groups in total. The van der Waals surface area contributed by atoms with Crippen LogP contribution in [0.3, 0.4) is 0 Å². The molecule has 3 rings (SSSR count).